The Kier molecular flexibility index (Phi) is 7.74. The number of carbonyl (C=O) groups excluding carboxylic acids is 2. The van der Waals surface area contributed by atoms with Crippen LogP contribution in [0, 0.1) is 5.41 Å². The summed E-state index contributed by atoms with van der Waals surface area (Å²) >= 11 is 0. The van der Waals surface area contributed by atoms with Gasteiger partial charge in [0.15, 0.2) is 0 Å². The number of alkyl carbamates (subject to hydrolysis) is 1. The predicted molar refractivity (Wildman–Crippen MR) is 126 cm³/mol. The molecule has 7 heteroatoms. The van der Waals surface area contributed by atoms with Gasteiger partial charge in [-0.1, -0.05) is 55.5 Å². The second kappa shape index (κ2) is 10.5. The van der Waals surface area contributed by atoms with Gasteiger partial charge in [-0.15, -0.1) is 0 Å². The van der Waals surface area contributed by atoms with E-state index in [1.807, 2.05) is 31.2 Å². The molecule has 0 saturated heterocycles. The van der Waals surface area contributed by atoms with E-state index in [0.717, 1.165) is 11.1 Å². The van der Waals surface area contributed by atoms with Crippen LogP contribution in [0.5, 0.6) is 0 Å². The van der Waals surface area contributed by atoms with Crippen LogP contribution >= 0.6 is 0 Å². The van der Waals surface area contributed by atoms with Crippen molar-refractivity contribution in [2.45, 2.75) is 52.0 Å². The fraction of sp³-hybridized carbons (Fsp3) is 0.423. The van der Waals surface area contributed by atoms with Gasteiger partial charge < -0.3 is 20.5 Å². The van der Waals surface area contributed by atoms with Crippen molar-refractivity contribution in [1.29, 1.82) is 0 Å². The minimum Gasteiger partial charge on any atom is -0.481 e. The molecule has 0 bridgehead atoms. The van der Waals surface area contributed by atoms with Crippen molar-refractivity contribution >= 4 is 18.0 Å². The minimum absolute atomic E-state index is 0.00778. The first kappa shape index (κ1) is 24.3. The zero-order valence-electron chi connectivity index (χ0n) is 19.4. The molecule has 2 aromatic rings. The number of hydrogen-bond donors (Lipinski definition) is 3. The molecular weight excluding hydrogens is 420 g/mol. The highest BCUT2D eigenvalue weighted by molar-refractivity contribution is 5.80. The van der Waals surface area contributed by atoms with Crippen LogP contribution in [0.15, 0.2) is 48.5 Å². The summed E-state index contributed by atoms with van der Waals surface area (Å²) in [4.78, 5) is 35.7. The van der Waals surface area contributed by atoms with Crippen molar-refractivity contribution in [3.63, 3.8) is 0 Å². The first-order valence-electron chi connectivity index (χ1n) is 11.3. The molecule has 3 rings (SSSR count). The van der Waals surface area contributed by atoms with Gasteiger partial charge >= 0.3 is 12.1 Å². The Bertz CT molecular complexity index is 972. The fourth-order valence-electron chi connectivity index (χ4n) is 3.97. The molecule has 1 atom stereocenters. The van der Waals surface area contributed by atoms with Crippen molar-refractivity contribution in [3.8, 4) is 11.1 Å². The van der Waals surface area contributed by atoms with E-state index in [0.29, 0.717) is 12.8 Å². The van der Waals surface area contributed by atoms with Crippen LogP contribution in [0.3, 0.4) is 0 Å². The lowest BCUT2D eigenvalue weighted by Gasteiger charge is -2.21. The molecule has 7 nitrogen and oxygen atoms in total. The number of aliphatic carboxylic acids is 1. The standard InChI is InChI=1S/C26H32N2O5/c1-4-17(13-14-23(29)27-16-26(2,3)24(30)31)28-25(32)33-15-22-20-11-7-5-9-18(20)19-10-6-8-12-21(19)22/h5-12,17,22H,4,13-16H2,1-3H3,(H,27,29)(H,28,32)(H,30,31). The van der Waals surface area contributed by atoms with E-state index in [9.17, 15) is 14.4 Å². The van der Waals surface area contributed by atoms with Crippen LogP contribution in [-0.2, 0) is 14.3 Å². The first-order chi connectivity index (χ1) is 15.7. The second-order valence-corrected chi connectivity index (χ2v) is 9.08. The number of carboxylic acid groups (broad SMARTS) is 1. The summed E-state index contributed by atoms with van der Waals surface area (Å²) in [5, 5.41) is 14.6. The summed E-state index contributed by atoms with van der Waals surface area (Å²) in [5.41, 5.74) is 3.62. The molecule has 1 aliphatic rings. The van der Waals surface area contributed by atoms with Crippen LogP contribution < -0.4 is 10.6 Å². The zero-order chi connectivity index (χ0) is 24.0. The van der Waals surface area contributed by atoms with Crippen molar-refractivity contribution in [3.05, 3.63) is 59.7 Å². The molecular formula is C26H32N2O5. The lowest BCUT2D eigenvalue weighted by atomic mass is 9.94. The molecule has 2 aromatic carbocycles. The lowest BCUT2D eigenvalue weighted by Crippen LogP contribution is -2.40. The summed E-state index contributed by atoms with van der Waals surface area (Å²) in [6, 6.07) is 16.1. The number of benzene rings is 2. The molecule has 176 valence electrons. The fourth-order valence-corrected chi connectivity index (χ4v) is 3.97. The Morgan fingerprint density at radius 3 is 2.15 bits per heavy atom. The van der Waals surface area contributed by atoms with Crippen LogP contribution in [0.25, 0.3) is 11.1 Å². The molecule has 3 N–H and O–H groups in total. The van der Waals surface area contributed by atoms with Crippen molar-refractivity contribution < 1.29 is 24.2 Å². The number of hydrogen-bond acceptors (Lipinski definition) is 4. The van der Waals surface area contributed by atoms with E-state index in [2.05, 4.69) is 34.9 Å². The Labute approximate surface area is 194 Å². The van der Waals surface area contributed by atoms with Gasteiger partial charge in [0, 0.05) is 24.9 Å². The van der Waals surface area contributed by atoms with Gasteiger partial charge in [-0.2, -0.15) is 0 Å². The Balaban J connectivity index is 1.49. The number of nitrogens with one attached hydrogen (secondary N) is 2. The third-order valence-corrected chi connectivity index (χ3v) is 6.18. The summed E-state index contributed by atoms with van der Waals surface area (Å²) < 4.78 is 5.58. The number of rotatable bonds is 10. The summed E-state index contributed by atoms with van der Waals surface area (Å²) in [5.74, 6) is -1.21. The van der Waals surface area contributed by atoms with Crippen LogP contribution in [-0.4, -0.2) is 42.3 Å². The zero-order valence-corrected chi connectivity index (χ0v) is 19.4. The van der Waals surface area contributed by atoms with E-state index >= 15 is 0 Å². The van der Waals surface area contributed by atoms with E-state index < -0.39 is 17.5 Å². The normalized spacial score (nSPS) is 13.5. The number of ether oxygens (including phenoxy) is 1. The number of amides is 2. The van der Waals surface area contributed by atoms with Crippen molar-refractivity contribution in [1.82, 2.24) is 10.6 Å². The average Bonchev–Trinajstić information content (AvgIpc) is 3.12. The molecule has 1 aliphatic carbocycles. The van der Waals surface area contributed by atoms with Gasteiger partial charge in [0.05, 0.1) is 5.41 Å². The van der Waals surface area contributed by atoms with Crippen LogP contribution in [0.4, 0.5) is 4.79 Å². The highest BCUT2D eigenvalue weighted by atomic mass is 16.5. The minimum atomic E-state index is -1.03. The quantitative estimate of drug-likeness (QED) is 0.498. The first-order valence-corrected chi connectivity index (χ1v) is 11.3. The molecule has 0 aromatic heterocycles. The van der Waals surface area contributed by atoms with Gasteiger partial charge in [-0.25, -0.2) is 4.79 Å². The van der Waals surface area contributed by atoms with Crippen LogP contribution in [0.1, 0.15) is 57.1 Å². The third kappa shape index (κ3) is 5.92. The summed E-state index contributed by atoms with van der Waals surface area (Å²) in [6.45, 7) is 5.34. The van der Waals surface area contributed by atoms with E-state index in [1.54, 1.807) is 13.8 Å². The molecule has 2 amide bonds. The summed E-state index contributed by atoms with van der Waals surface area (Å²) in [7, 11) is 0. The topological polar surface area (TPSA) is 105 Å². The SMILES string of the molecule is CCC(CCC(=O)NCC(C)(C)C(=O)O)NC(=O)OCC1c2ccccc2-c2ccccc21. The average molecular weight is 453 g/mol. The maximum absolute atomic E-state index is 12.5. The van der Waals surface area contributed by atoms with Gasteiger partial charge in [0.25, 0.3) is 0 Å². The molecule has 0 saturated carbocycles. The number of carbonyl (C=O) groups is 3. The molecule has 0 spiro atoms. The number of fused-ring (bicyclic) bond motifs is 3. The smallest absolute Gasteiger partial charge is 0.407 e. The Hall–Kier alpha value is -3.35. The van der Waals surface area contributed by atoms with Gasteiger partial charge in [-0.3, -0.25) is 9.59 Å². The highest BCUT2D eigenvalue weighted by Crippen LogP contribution is 2.44. The lowest BCUT2D eigenvalue weighted by molar-refractivity contribution is -0.146. The molecule has 0 heterocycles. The number of carboxylic acids is 1. The predicted octanol–water partition coefficient (Wildman–Crippen LogP) is 4.31. The van der Waals surface area contributed by atoms with Gasteiger partial charge in [0.1, 0.15) is 6.61 Å². The largest absolute Gasteiger partial charge is 0.481 e. The Morgan fingerprint density at radius 1 is 1.03 bits per heavy atom. The third-order valence-electron chi connectivity index (χ3n) is 6.18. The van der Waals surface area contributed by atoms with Crippen molar-refractivity contribution in [2.24, 2.45) is 5.41 Å². The monoisotopic (exact) mass is 452 g/mol. The highest BCUT2D eigenvalue weighted by Gasteiger charge is 2.29. The van der Waals surface area contributed by atoms with E-state index in [1.165, 1.54) is 11.1 Å². The van der Waals surface area contributed by atoms with E-state index in [-0.39, 0.29) is 37.4 Å². The van der Waals surface area contributed by atoms with Crippen molar-refractivity contribution in [2.75, 3.05) is 13.2 Å². The molecule has 0 aliphatic heterocycles. The summed E-state index contributed by atoms with van der Waals surface area (Å²) in [6.07, 6.45) is 0.784. The molecule has 33 heavy (non-hydrogen) atoms. The maximum atomic E-state index is 12.5. The van der Waals surface area contributed by atoms with Crippen LogP contribution in [0.2, 0.25) is 0 Å². The Morgan fingerprint density at radius 2 is 1.61 bits per heavy atom. The molecule has 0 fully saturated rings. The van der Waals surface area contributed by atoms with Gasteiger partial charge in [0.2, 0.25) is 5.91 Å². The molecule has 1 unspecified atom stereocenters. The maximum Gasteiger partial charge on any atom is 0.407 e. The van der Waals surface area contributed by atoms with E-state index in [4.69, 9.17) is 9.84 Å². The van der Waals surface area contributed by atoms with Gasteiger partial charge in [-0.05, 0) is 48.9 Å². The molecule has 0 radical (unpaired) electrons. The second-order valence-electron chi connectivity index (χ2n) is 9.08.